The van der Waals surface area contributed by atoms with Gasteiger partial charge in [0.15, 0.2) is 12.0 Å². The summed E-state index contributed by atoms with van der Waals surface area (Å²) in [5.74, 6) is 0. The molecule has 0 aliphatic carbocycles. The number of fused-ring (bicyclic) bond motifs is 1. The molecule has 2 aromatic rings. The Hall–Kier alpha value is -1.08. The summed E-state index contributed by atoms with van der Waals surface area (Å²) in [7, 11) is -2.29. The molecule has 0 spiro atoms. The maximum Gasteiger partial charge on any atom is 0.182 e. The van der Waals surface area contributed by atoms with E-state index in [0.29, 0.717) is 5.58 Å². The Kier molecular flexibility index (Phi) is 2.00. The minimum atomic E-state index is -2.29. The smallest absolute Gasteiger partial charge is 0.182 e. The average Bonchev–Trinajstić information content (AvgIpc) is 2.48. The fourth-order valence-corrected chi connectivity index (χ4v) is 3.30. The molecule has 0 aliphatic heterocycles. The zero-order chi connectivity index (χ0) is 10.3. The van der Waals surface area contributed by atoms with Crippen molar-refractivity contribution in [2.75, 3.05) is 13.3 Å². The van der Waals surface area contributed by atoms with Gasteiger partial charge >= 0.3 is 0 Å². The summed E-state index contributed by atoms with van der Waals surface area (Å²) in [5.41, 5.74) is 2.45. The van der Waals surface area contributed by atoms with E-state index in [0.717, 1.165) is 16.4 Å². The van der Waals surface area contributed by atoms with Gasteiger partial charge in [0.2, 0.25) is 0 Å². The molecule has 0 amide bonds. The fourth-order valence-electron chi connectivity index (χ4n) is 1.70. The molecular formula is C10H12NO2P. The minimum Gasteiger partial charge on any atom is -0.443 e. The van der Waals surface area contributed by atoms with Gasteiger partial charge in [0.1, 0.15) is 12.7 Å². The van der Waals surface area contributed by atoms with Crippen molar-refractivity contribution in [2.45, 2.75) is 6.92 Å². The van der Waals surface area contributed by atoms with Crippen LogP contribution in [0.1, 0.15) is 5.56 Å². The van der Waals surface area contributed by atoms with E-state index in [1.165, 1.54) is 6.39 Å². The van der Waals surface area contributed by atoms with Crippen molar-refractivity contribution in [3.63, 3.8) is 0 Å². The van der Waals surface area contributed by atoms with Crippen molar-refractivity contribution in [1.82, 2.24) is 4.98 Å². The van der Waals surface area contributed by atoms with Gasteiger partial charge in [-0.25, -0.2) is 4.98 Å². The quantitative estimate of drug-likeness (QED) is 0.677. The number of hydrogen-bond acceptors (Lipinski definition) is 3. The number of nitrogens with zero attached hydrogens (tertiary/aromatic N) is 1. The molecule has 74 valence electrons. The highest BCUT2D eigenvalue weighted by Crippen LogP contribution is 2.38. The molecule has 0 atom stereocenters. The van der Waals surface area contributed by atoms with E-state index in [-0.39, 0.29) is 0 Å². The molecule has 2 rings (SSSR count). The highest BCUT2D eigenvalue weighted by molar-refractivity contribution is 7.70. The number of aryl methyl sites for hydroxylation is 1. The summed E-state index contributed by atoms with van der Waals surface area (Å²) in [6.45, 7) is 5.45. The van der Waals surface area contributed by atoms with Gasteiger partial charge < -0.3 is 8.98 Å². The summed E-state index contributed by atoms with van der Waals surface area (Å²) >= 11 is 0. The molecule has 0 bridgehead atoms. The summed E-state index contributed by atoms with van der Waals surface area (Å²) in [5, 5.41) is 0.837. The Morgan fingerprint density at radius 2 is 2.07 bits per heavy atom. The zero-order valence-corrected chi connectivity index (χ0v) is 9.34. The molecule has 14 heavy (non-hydrogen) atoms. The van der Waals surface area contributed by atoms with Gasteiger partial charge in [0.05, 0.1) is 0 Å². The highest BCUT2D eigenvalue weighted by atomic mass is 31.2. The van der Waals surface area contributed by atoms with Crippen LogP contribution < -0.4 is 5.30 Å². The Bertz CT molecular complexity index is 524. The average molecular weight is 209 g/mol. The maximum absolute atomic E-state index is 12.1. The van der Waals surface area contributed by atoms with Crippen LogP contribution in [0.15, 0.2) is 22.9 Å². The lowest BCUT2D eigenvalue weighted by molar-refractivity contribution is 0.588. The van der Waals surface area contributed by atoms with Gasteiger partial charge in [-0.1, -0.05) is 6.07 Å². The summed E-state index contributed by atoms with van der Waals surface area (Å²) < 4.78 is 17.2. The molecule has 1 aromatic carbocycles. The number of aromatic nitrogens is 1. The summed E-state index contributed by atoms with van der Waals surface area (Å²) in [6, 6.07) is 3.78. The van der Waals surface area contributed by atoms with Gasteiger partial charge in [-0.15, -0.1) is 0 Å². The third-order valence-electron chi connectivity index (χ3n) is 2.22. The molecule has 0 saturated carbocycles. The molecule has 1 heterocycles. The number of oxazole rings is 1. The molecule has 0 N–H and O–H groups in total. The summed E-state index contributed by atoms with van der Waals surface area (Å²) in [6.07, 6.45) is 1.39. The number of rotatable bonds is 1. The van der Waals surface area contributed by atoms with Crippen LogP contribution >= 0.6 is 7.14 Å². The molecule has 1 aromatic heterocycles. The molecular weight excluding hydrogens is 197 g/mol. The third kappa shape index (κ3) is 1.38. The van der Waals surface area contributed by atoms with Crippen molar-refractivity contribution >= 4 is 23.5 Å². The lowest BCUT2D eigenvalue weighted by Gasteiger charge is -2.10. The predicted octanol–water partition coefficient (Wildman–Crippen LogP) is 2.38. The van der Waals surface area contributed by atoms with Crippen LogP contribution in [0.25, 0.3) is 11.1 Å². The largest absolute Gasteiger partial charge is 0.443 e. The zero-order valence-electron chi connectivity index (χ0n) is 8.44. The Balaban J connectivity index is 2.91. The monoisotopic (exact) mass is 209 g/mol. The van der Waals surface area contributed by atoms with Crippen LogP contribution in [0.5, 0.6) is 0 Å². The first-order valence-corrected chi connectivity index (χ1v) is 6.98. The molecule has 4 heteroatoms. The number of benzene rings is 1. The third-order valence-corrected chi connectivity index (χ3v) is 3.86. The fraction of sp³-hybridized carbons (Fsp3) is 0.300. The van der Waals surface area contributed by atoms with Crippen LogP contribution in [0.2, 0.25) is 0 Å². The first-order valence-electron chi connectivity index (χ1n) is 4.38. The van der Waals surface area contributed by atoms with E-state index in [1.54, 1.807) is 13.3 Å². The van der Waals surface area contributed by atoms with Gasteiger partial charge in [0.25, 0.3) is 0 Å². The first kappa shape index (κ1) is 9.47. The predicted molar refractivity (Wildman–Crippen MR) is 57.8 cm³/mol. The SMILES string of the molecule is Cc1ccc2ocnc2c1P(C)(C)=O. The molecule has 0 saturated heterocycles. The first-order chi connectivity index (χ1) is 6.50. The van der Waals surface area contributed by atoms with Gasteiger partial charge in [-0.05, 0) is 31.9 Å². The van der Waals surface area contributed by atoms with Crippen molar-refractivity contribution in [3.8, 4) is 0 Å². The molecule has 0 aliphatic rings. The van der Waals surface area contributed by atoms with Crippen molar-refractivity contribution < 1.29 is 8.98 Å². The van der Waals surface area contributed by atoms with Crippen LogP contribution in [0.3, 0.4) is 0 Å². The molecule has 3 nitrogen and oxygen atoms in total. The van der Waals surface area contributed by atoms with Crippen LogP contribution in [-0.2, 0) is 4.57 Å². The van der Waals surface area contributed by atoms with Crippen LogP contribution in [-0.4, -0.2) is 18.3 Å². The molecule has 0 radical (unpaired) electrons. The normalized spacial score (nSPS) is 12.2. The second-order valence-corrected chi connectivity index (χ2v) is 6.93. The lowest BCUT2D eigenvalue weighted by Crippen LogP contribution is -2.08. The van der Waals surface area contributed by atoms with E-state index < -0.39 is 7.14 Å². The Labute approximate surface area is 82.5 Å². The second kappa shape index (κ2) is 2.96. The van der Waals surface area contributed by atoms with Crippen LogP contribution in [0.4, 0.5) is 0 Å². The Morgan fingerprint density at radius 3 is 2.71 bits per heavy atom. The van der Waals surface area contributed by atoms with E-state index in [1.807, 2.05) is 19.1 Å². The molecule has 0 unspecified atom stereocenters. The van der Waals surface area contributed by atoms with E-state index in [4.69, 9.17) is 4.42 Å². The summed E-state index contributed by atoms with van der Waals surface area (Å²) in [4.78, 5) is 4.11. The van der Waals surface area contributed by atoms with Crippen molar-refractivity contribution in [3.05, 3.63) is 24.1 Å². The van der Waals surface area contributed by atoms with E-state index >= 15 is 0 Å². The highest BCUT2D eigenvalue weighted by Gasteiger charge is 2.19. The number of hydrogen-bond donors (Lipinski definition) is 0. The van der Waals surface area contributed by atoms with Crippen LogP contribution in [0, 0.1) is 6.92 Å². The lowest BCUT2D eigenvalue weighted by atomic mass is 10.2. The van der Waals surface area contributed by atoms with Gasteiger partial charge in [0, 0.05) is 5.30 Å². The molecule has 0 fully saturated rings. The Morgan fingerprint density at radius 1 is 1.36 bits per heavy atom. The maximum atomic E-state index is 12.1. The minimum absolute atomic E-state index is 0.703. The van der Waals surface area contributed by atoms with Gasteiger partial charge in [-0.2, -0.15) is 0 Å². The standard InChI is InChI=1S/C10H12NO2P/c1-7-4-5-8-9(11-6-13-8)10(7)14(2,3)12/h4-6H,1-3H3. The van der Waals surface area contributed by atoms with E-state index in [2.05, 4.69) is 4.98 Å². The van der Waals surface area contributed by atoms with E-state index in [9.17, 15) is 4.57 Å². The topological polar surface area (TPSA) is 43.1 Å². The second-order valence-electron chi connectivity index (χ2n) is 3.78. The van der Waals surface area contributed by atoms with Crippen molar-refractivity contribution in [2.24, 2.45) is 0 Å². The van der Waals surface area contributed by atoms with Gasteiger partial charge in [-0.3, -0.25) is 0 Å². The van der Waals surface area contributed by atoms with Crippen molar-refractivity contribution in [1.29, 1.82) is 0 Å².